The van der Waals surface area contributed by atoms with Crippen LogP contribution in [-0.2, 0) is 24.2 Å². The Morgan fingerprint density at radius 2 is 1.93 bits per heavy atom. The Balaban J connectivity index is 1.37. The van der Waals surface area contributed by atoms with Gasteiger partial charge < -0.3 is 9.47 Å². The number of amides is 1. The second-order valence-electron chi connectivity index (χ2n) is 7.72. The van der Waals surface area contributed by atoms with Gasteiger partial charge in [-0.3, -0.25) is 4.79 Å². The Kier molecular flexibility index (Phi) is 5.98. The number of piperidine rings is 1. The normalized spacial score (nSPS) is 16.7. The molecule has 0 spiro atoms. The van der Waals surface area contributed by atoms with Crippen molar-refractivity contribution in [2.75, 3.05) is 13.1 Å². The van der Waals surface area contributed by atoms with Crippen LogP contribution in [0.25, 0.3) is 0 Å². The molecule has 0 saturated carbocycles. The van der Waals surface area contributed by atoms with Gasteiger partial charge in [0.15, 0.2) is 0 Å². The molecule has 1 aromatic heterocycles. The first-order chi connectivity index (χ1) is 14.2. The first-order valence-corrected chi connectivity index (χ1v) is 10.1. The number of likely N-dealkylation sites (tertiary alicyclic amines) is 1. The van der Waals surface area contributed by atoms with Gasteiger partial charge in [0.2, 0.25) is 5.91 Å². The molecule has 0 radical (unpaired) electrons. The Morgan fingerprint density at radius 3 is 2.76 bits per heavy atom. The topological polar surface area (TPSA) is 51.0 Å². The fraction of sp³-hybridized carbons (Fsp3) is 0.348. The van der Waals surface area contributed by atoms with Crippen LogP contribution in [0, 0.1) is 11.7 Å². The Labute approximate surface area is 170 Å². The molecule has 2 aromatic carbocycles. The summed E-state index contributed by atoms with van der Waals surface area (Å²) >= 11 is 0. The molecular weight excluding hydrogens is 367 g/mol. The van der Waals surface area contributed by atoms with Crippen LogP contribution in [0.4, 0.5) is 4.39 Å². The number of rotatable bonds is 6. The van der Waals surface area contributed by atoms with E-state index in [9.17, 15) is 9.18 Å². The molecule has 3 aromatic rings. The van der Waals surface area contributed by atoms with Crippen LogP contribution in [0.5, 0.6) is 0 Å². The zero-order valence-corrected chi connectivity index (χ0v) is 16.4. The maximum absolute atomic E-state index is 13.4. The summed E-state index contributed by atoms with van der Waals surface area (Å²) in [5.74, 6) is 1.08. The summed E-state index contributed by atoms with van der Waals surface area (Å²) in [5.41, 5.74) is 1.93. The molecule has 1 amide bonds. The van der Waals surface area contributed by atoms with Crippen molar-refractivity contribution in [1.82, 2.24) is 19.7 Å². The van der Waals surface area contributed by atoms with Crippen molar-refractivity contribution < 1.29 is 9.18 Å². The van der Waals surface area contributed by atoms with Crippen molar-refractivity contribution in [1.29, 1.82) is 0 Å². The highest BCUT2D eigenvalue weighted by Crippen LogP contribution is 2.21. The van der Waals surface area contributed by atoms with Crippen LogP contribution in [0.2, 0.25) is 0 Å². The molecular formula is C23H25FN4O. The molecule has 0 bridgehead atoms. The summed E-state index contributed by atoms with van der Waals surface area (Å²) in [6.45, 7) is 2.23. The van der Waals surface area contributed by atoms with Crippen LogP contribution in [0.1, 0.15) is 29.8 Å². The fourth-order valence-corrected chi connectivity index (χ4v) is 4.00. The van der Waals surface area contributed by atoms with E-state index < -0.39 is 0 Å². The zero-order valence-electron chi connectivity index (χ0n) is 16.4. The van der Waals surface area contributed by atoms with Gasteiger partial charge in [-0.2, -0.15) is 0 Å². The first-order valence-electron chi connectivity index (χ1n) is 10.1. The second-order valence-corrected chi connectivity index (χ2v) is 7.72. The molecule has 4 rings (SSSR count). The lowest BCUT2D eigenvalue weighted by molar-refractivity contribution is -0.132. The van der Waals surface area contributed by atoms with Crippen molar-refractivity contribution in [2.24, 2.45) is 5.92 Å². The summed E-state index contributed by atoms with van der Waals surface area (Å²) in [7, 11) is 0. The molecule has 0 aliphatic carbocycles. The third-order valence-electron chi connectivity index (χ3n) is 5.48. The largest absolute Gasteiger partial charge is 0.342 e. The quantitative estimate of drug-likeness (QED) is 0.645. The number of nitrogens with zero attached hydrogens (tertiary/aromatic N) is 4. The highest BCUT2D eigenvalue weighted by Gasteiger charge is 2.25. The standard InChI is InChI=1S/C23H25FN4O/c24-21-10-4-8-19(12-21)14-23(29)27-11-5-9-20(16-27)13-22-26-25-17-28(22)15-18-6-2-1-3-7-18/h1-4,6-8,10,12,17,20H,5,9,11,13-16H2. The molecule has 6 heteroatoms. The van der Waals surface area contributed by atoms with Gasteiger partial charge in [0.05, 0.1) is 13.0 Å². The van der Waals surface area contributed by atoms with Crippen LogP contribution in [0.3, 0.4) is 0 Å². The van der Waals surface area contributed by atoms with E-state index in [1.165, 1.54) is 17.7 Å². The van der Waals surface area contributed by atoms with Crippen molar-refractivity contribution in [3.05, 3.63) is 83.7 Å². The van der Waals surface area contributed by atoms with E-state index in [0.717, 1.165) is 43.7 Å². The predicted octanol–water partition coefficient (Wildman–Crippen LogP) is 3.49. The Morgan fingerprint density at radius 1 is 1.10 bits per heavy atom. The predicted molar refractivity (Wildman–Crippen MR) is 109 cm³/mol. The van der Waals surface area contributed by atoms with Gasteiger partial charge in [0, 0.05) is 19.5 Å². The summed E-state index contributed by atoms with van der Waals surface area (Å²) < 4.78 is 15.5. The van der Waals surface area contributed by atoms with E-state index in [2.05, 4.69) is 26.9 Å². The van der Waals surface area contributed by atoms with E-state index >= 15 is 0 Å². The lowest BCUT2D eigenvalue weighted by Gasteiger charge is -2.32. The average molecular weight is 392 g/mol. The number of hydrogen-bond acceptors (Lipinski definition) is 3. The molecule has 5 nitrogen and oxygen atoms in total. The molecule has 1 fully saturated rings. The van der Waals surface area contributed by atoms with Crippen molar-refractivity contribution in [2.45, 2.75) is 32.2 Å². The zero-order chi connectivity index (χ0) is 20.1. The summed E-state index contributed by atoms with van der Waals surface area (Å²) in [5, 5.41) is 8.42. The van der Waals surface area contributed by atoms with Gasteiger partial charge in [0.25, 0.3) is 0 Å². The molecule has 0 N–H and O–H groups in total. The number of carbonyl (C=O) groups is 1. The molecule has 150 valence electrons. The highest BCUT2D eigenvalue weighted by atomic mass is 19.1. The third-order valence-corrected chi connectivity index (χ3v) is 5.48. The van der Waals surface area contributed by atoms with Gasteiger partial charge in [-0.05, 0) is 42.0 Å². The maximum Gasteiger partial charge on any atom is 0.227 e. The van der Waals surface area contributed by atoms with Crippen molar-refractivity contribution >= 4 is 5.91 Å². The van der Waals surface area contributed by atoms with Gasteiger partial charge in [-0.25, -0.2) is 4.39 Å². The smallest absolute Gasteiger partial charge is 0.227 e. The third kappa shape index (κ3) is 5.08. The minimum Gasteiger partial charge on any atom is -0.342 e. The van der Waals surface area contributed by atoms with Gasteiger partial charge in [0.1, 0.15) is 18.0 Å². The molecule has 1 aliphatic heterocycles. The lowest BCUT2D eigenvalue weighted by atomic mass is 9.94. The van der Waals surface area contributed by atoms with Crippen LogP contribution in [0.15, 0.2) is 60.9 Å². The number of carbonyl (C=O) groups excluding carboxylic acids is 1. The number of hydrogen-bond donors (Lipinski definition) is 0. The first kappa shape index (κ1) is 19.3. The number of benzene rings is 2. The fourth-order valence-electron chi connectivity index (χ4n) is 4.00. The highest BCUT2D eigenvalue weighted by molar-refractivity contribution is 5.78. The Bertz CT molecular complexity index is 956. The van der Waals surface area contributed by atoms with E-state index in [-0.39, 0.29) is 18.1 Å². The molecule has 1 aliphatic rings. The molecule has 1 atom stereocenters. The van der Waals surface area contributed by atoms with Gasteiger partial charge in [-0.15, -0.1) is 10.2 Å². The summed E-state index contributed by atoms with van der Waals surface area (Å²) in [6, 6.07) is 16.5. The van der Waals surface area contributed by atoms with Gasteiger partial charge in [-0.1, -0.05) is 42.5 Å². The minimum atomic E-state index is -0.301. The summed E-state index contributed by atoms with van der Waals surface area (Å²) in [6.07, 6.45) is 4.87. The van der Waals surface area contributed by atoms with E-state index in [0.29, 0.717) is 12.5 Å². The minimum absolute atomic E-state index is 0.0612. The Hall–Kier alpha value is -3.02. The lowest BCUT2D eigenvalue weighted by Crippen LogP contribution is -2.41. The van der Waals surface area contributed by atoms with E-state index in [4.69, 9.17) is 0 Å². The molecule has 1 saturated heterocycles. The second kappa shape index (κ2) is 8.99. The van der Waals surface area contributed by atoms with Crippen molar-refractivity contribution in [3.63, 3.8) is 0 Å². The molecule has 1 unspecified atom stereocenters. The monoisotopic (exact) mass is 392 g/mol. The average Bonchev–Trinajstić information content (AvgIpc) is 3.15. The maximum atomic E-state index is 13.4. The van der Waals surface area contributed by atoms with E-state index in [1.54, 1.807) is 18.5 Å². The van der Waals surface area contributed by atoms with Crippen molar-refractivity contribution in [3.8, 4) is 0 Å². The van der Waals surface area contributed by atoms with Crippen LogP contribution in [-0.4, -0.2) is 38.7 Å². The molecule has 2 heterocycles. The molecule has 29 heavy (non-hydrogen) atoms. The van der Waals surface area contributed by atoms with Gasteiger partial charge >= 0.3 is 0 Å². The number of aromatic nitrogens is 3. The number of halogens is 1. The van der Waals surface area contributed by atoms with Crippen LogP contribution < -0.4 is 0 Å². The van der Waals surface area contributed by atoms with E-state index in [1.807, 2.05) is 23.1 Å². The SMILES string of the molecule is O=C(Cc1cccc(F)c1)N1CCCC(Cc2nncn2Cc2ccccc2)C1. The summed E-state index contributed by atoms with van der Waals surface area (Å²) in [4.78, 5) is 14.6. The van der Waals surface area contributed by atoms with Crippen LogP contribution >= 0.6 is 0 Å².